The summed E-state index contributed by atoms with van der Waals surface area (Å²) >= 11 is 1.45. The number of nitro groups is 1. The monoisotopic (exact) mass is 249 g/mol. The van der Waals surface area contributed by atoms with Gasteiger partial charge in [0.1, 0.15) is 0 Å². The standard InChI is InChI=1S/C11H7NO4S/c13-5-9-3-8(7-1-2-17-6-7)4-10(11(9)14)12(15)16/h1-6,14H. The number of hydrogen-bond acceptors (Lipinski definition) is 5. The highest BCUT2D eigenvalue weighted by molar-refractivity contribution is 7.08. The van der Waals surface area contributed by atoms with E-state index in [-0.39, 0.29) is 5.56 Å². The van der Waals surface area contributed by atoms with Crippen molar-refractivity contribution in [3.8, 4) is 16.9 Å². The first kappa shape index (κ1) is 11.3. The van der Waals surface area contributed by atoms with Gasteiger partial charge in [-0.15, -0.1) is 0 Å². The quantitative estimate of drug-likeness (QED) is 0.515. The highest BCUT2D eigenvalue weighted by Gasteiger charge is 2.19. The maximum absolute atomic E-state index is 10.7. The van der Waals surface area contributed by atoms with E-state index in [9.17, 15) is 20.0 Å². The molecule has 1 aromatic carbocycles. The van der Waals surface area contributed by atoms with Crippen LogP contribution in [-0.2, 0) is 0 Å². The number of carbonyl (C=O) groups is 1. The molecule has 0 unspecified atom stereocenters. The molecule has 0 spiro atoms. The summed E-state index contributed by atoms with van der Waals surface area (Å²) in [7, 11) is 0. The molecule has 86 valence electrons. The van der Waals surface area contributed by atoms with Crippen LogP contribution in [-0.4, -0.2) is 16.3 Å². The van der Waals surface area contributed by atoms with Crippen LogP contribution in [0.4, 0.5) is 5.69 Å². The zero-order valence-electron chi connectivity index (χ0n) is 8.49. The summed E-state index contributed by atoms with van der Waals surface area (Å²) < 4.78 is 0. The lowest BCUT2D eigenvalue weighted by Gasteiger charge is -2.03. The van der Waals surface area contributed by atoms with Crippen molar-refractivity contribution >= 4 is 23.3 Å². The number of carbonyl (C=O) groups excluding carboxylic acids is 1. The Kier molecular flexibility index (Phi) is 2.88. The van der Waals surface area contributed by atoms with Gasteiger partial charge < -0.3 is 5.11 Å². The first-order chi connectivity index (χ1) is 8.13. The van der Waals surface area contributed by atoms with Crippen LogP contribution >= 0.6 is 11.3 Å². The third kappa shape index (κ3) is 2.02. The highest BCUT2D eigenvalue weighted by Crippen LogP contribution is 2.35. The molecule has 5 nitrogen and oxygen atoms in total. The SMILES string of the molecule is O=Cc1cc(-c2ccsc2)cc([N+](=O)[O-])c1O. The lowest BCUT2D eigenvalue weighted by atomic mass is 10.0. The first-order valence-corrected chi connectivity index (χ1v) is 5.57. The van der Waals surface area contributed by atoms with Crippen molar-refractivity contribution in [3.63, 3.8) is 0 Å². The summed E-state index contributed by atoms with van der Waals surface area (Å²) in [6.07, 6.45) is 0.401. The minimum atomic E-state index is -0.710. The molecule has 0 saturated heterocycles. The average molecular weight is 249 g/mol. The van der Waals surface area contributed by atoms with Crippen LogP contribution in [0.3, 0.4) is 0 Å². The summed E-state index contributed by atoms with van der Waals surface area (Å²) in [6, 6.07) is 4.47. The fourth-order valence-corrected chi connectivity index (χ4v) is 2.13. The molecule has 0 bridgehead atoms. The van der Waals surface area contributed by atoms with E-state index in [1.807, 2.05) is 10.8 Å². The Morgan fingerprint density at radius 3 is 2.65 bits per heavy atom. The molecule has 6 heteroatoms. The molecule has 1 N–H and O–H groups in total. The molecule has 1 heterocycles. The van der Waals surface area contributed by atoms with Crippen molar-refractivity contribution in [3.05, 3.63) is 44.6 Å². The van der Waals surface area contributed by atoms with Crippen LogP contribution in [0.5, 0.6) is 5.75 Å². The molecule has 2 rings (SSSR count). The highest BCUT2D eigenvalue weighted by atomic mass is 32.1. The van der Waals surface area contributed by atoms with Crippen LogP contribution in [0.15, 0.2) is 29.0 Å². The Morgan fingerprint density at radius 2 is 2.12 bits per heavy atom. The molecule has 0 saturated carbocycles. The Balaban J connectivity index is 2.67. The largest absolute Gasteiger partial charge is 0.502 e. The number of rotatable bonds is 3. The molecule has 0 aliphatic carbocycles. The maximum Gasteiger partial charge on any atom is 0.312 e. The van der Waals surface area contributed by atoms with Gasteiger partial charge in [-0.25, -0.2) is 0 Å². The molecule has 0 amide bonds. The number of nitrogens with zero attached hydrogens (tertiary/aromatic N) is 1. The molecule has 2 aromatic rings. The number of benzene rings is 1. The fraction of sp³-hybridized carbons (Fsp3) is 0. The summed E-state index contributed by atoms with van der Waals surface area (Å²) in [4.78, 5) is 20.8. The Labute approximate surface area is 100 Å². The summed E-state index contributed by atoms with van der Waals surface area (Å²) in [6.45, 7) is 0. The lowest BCUT2D eigenvalue weighted by molar-refractivity contribution is -0.385. The molecular weight excluding hydrogens is 242 g/mol. The summed E-state index contributed by atoms with van der Waals surface area (Å²) in [5, 5.41) is 23.9. The van der Waals surface area contributed by atoms with E-state index in [1.54, 1.807) is 6.07 Å². The summed E-state index contributed by atoms with van der Waals surface area (Å²) in [5.74, 6) is -0.594. The van der Waals surface area contributed by atoms with Crippen molar-refractivity contribution in [1.82, 2.24) is 0 Å². The Hall–Kier alpha value is -2.21. The van der Waals surface area contributed by atoms with Crippen LogP contribution < -0.4 is 0 Å². The van der Waals surface area contributed by atoms with Gasteiger partial charge in [-0.2, -0.15) is 11.3 Å². The van der Waals surface area contributed by atoms with E-state index in [2.05, 4.69) is 0 Å². The van der Waals surface area contributed by atoms with Crippen molar-refractivity contribution in [2.24, 2.45) is 0 Å². The van der Waals surface area contributed by atoms with E-state index in [4.69, 9.17) is 0 Å². The molecular formula is C11H7NO4S. The number of nitro benzene ring substituents is 1. The van der Waals surface area contributed by atoms with E-state index >= 15 is 0 Å². The van der Waals surface area contributed by atoms with E-state index in [0.29, 0.717) is 11.8 Å². The van der Waals surface area contributed by atoms with Crippen molar-refractivity contribution < 1.29 is 14.8 Å². The number of aldehydes is 1. The van der Waals surface area contributed by atoms with E-state index in [0.717, 1.165) is 5.56 Å². The smallest absolute Gasteiger partial charge is 0.312 e. The van der Waals surface area contributed by atoms with Crippen molar-refractivity contribution in [2.45, 2.75) is 0 Å². The van der Waals surface area contributed by atoms with Gasteiger partial charge in [-0.1, -0.05) is 0 Å². The number of phenolic OH excluding ortho intramolecular Hbond substituents is 1. The number of aromatic hydroxyl groups is 1. The Morgan fingerprint density at radius 1 is 1.35 bits per heavy atom. The topological polar surface area (TPSA) is 80.4 Å². The minimum Gasteiger partial charge on any atom is -0.502 e. The maximum atomic E-state index is 10.7. The number of phenols is 1. The minimum absolute atomic E-state index is 0.0830. The van der Waals surface area contributed by atoms with Gasteiger partial charge in [0.25, 0.3) is 0 Å². The van der Waals surface area contributed by atoms with Gasteiger partial charge in [-0.3, -0.25) is 14.9 Å². The van der Waals surface area contributed by atoms with Gasteiger partial charge >= 0.3 is 5.69 Å². The Bertz CT molecular complexity index is 577. The van der Waals surface area contributed by atoms with Gasteiger partial charge in [-0.05, 0) is 34.0 Å². The predicted octanol–water partition coefficient (Wildman–Crippen LogP) is 2.84. The zero-order chi connectivity index (χ0) is 12.4. The van der Waals surface area contributed by atoms with E-state index in [1.165, 1.54) is 23.5 Å². The third-order valence-electron chi connectivity index (χ3n) is 2.30. The van der Waals surface area contributed by atoms with Gasteiger partial charge in [0.15, 0.2) is 6.29 Å². The van der Waals surface area contributed by atoms with Crippen LogP contribution in [0.25, 0.3) is 11.1 Å². The first-order valence-electron chi connectivity index (χ1n) is 4.62. The van der Waals surface area contributed by atoms with E-state index < -0.39 is 16.4 Å². The van der Waals surface area contributed by atoms with Gasteiger partial charge in [0.2, 0.25) is 5.75 Å². The van der Waals surface area contributed by atoms with Gasteiger partial charge in [0.05, 0.1) is 10.5 Å². The van der Waals surface area contributed by atoms with Crippen LogP contribution in [0, 0.1) is 10.1 Å². The number of thiophene rings is 1. The van der Waals surface area contributed by atoms with Crippen molar-refractivity contribution in [2.75, 3.05) is 0 Å². The molecule has 17 heavy (non-hydrogen) atoms. The van der Waals surface area contributed by atoms with Crippen LogP contribution in [0.1, 0.15) is 10.4 Å². The zero-order valence-corrected chi connectivity index (χ0v) is 9.31. The van der Waals surface area contributed by atoms with Crippen LogP contribution in [0.2, 0.25) is 0 Å². The molecule has 0 aliphatic rings. The van der Waals surface area contributed by atoms with Crippen molar-refractivity contribution in [1.29, 1.82) is 0 Å². The normalized spacial score (nSPS) is 10.1. The predicted molar refractivity (Wildman–Crippen MR) is 63.5 cm³/mol. The fourth-order valence-electron chi connectivity index (χ4n) is 1.47. The number of hydrogen-bond donors (Lipinski definition) is 1. The molecule has 0 fully saturated rings. The third-order valence-corrected chi connectivity index (χ3v) is 2.98. The second-order valence-corrected chi connectivity index (χ2v) is 4.10. The second kappa shape index (κ2) is 4.34. The van der Waals surface area contributed by atoms with Gasteiger partial charge in [0, 0.05) is 6.07 Å². The molecule has 1 aromatic heterocycles. The molecule has 0 radical (unpaired) electrons. The lowest BCUT2D eigenvalue weighted by Crippen LogP contribution is -1.93. The second-order valence-electron chi connectivity index (χ2n) is 3.32. The molecule has 0 aliphatic heterocycles. The average Bonchev–Trinajstić information content (AvgIpc) is 2.82. The summed E-state index contributed by atoms with van der Waals surface area (Å²) in [5.41, 5.74) is 0.773. The molecule has 0 atom stereocenters.